The van der Waals surface area contributed by atoms with E-state index >= 15 is 0 Å². The summed E-state index contributed by atoms with van der Waals surface area (Å²) in [5.74, 6) is 0. The molecule has 0 bridgehead atoms. The second kappa shape index (κ2) is 8.96. The molecule has 0 amide bonds. The smallest absolute Gasteiger partial charge is 0.0466 e. The van der Waals surface area contributed by atoms with Crippen LogP contribution in [-0.4, -0.2) is 13.2 Å². The maximum atomic E-state index is 4.94. The molecule has 1 aliphatic heterocycles. The molecular weight excluding hydrogens is 124 g/mol. The van der Waals surface area contributed by atoms with E-state index in [0.29, 0.717) is 0 Å². The minimum Gasteiger partial charge on any atom is -0.381 e. The van der Waals surface area contributed by atoms with Gasteiger partial charge in [-0.15, -0.1) is 0 Å². The van der Waals surface area contributed by atoms with Gasteiger partial charge in [0.2, 0.25) is 0 Å². The van der Waals surface area contributed by atoms with Crippen LogP contribution in [0.5, 0.6) is 0 Å². The summed E-state index contributed by atoms with van der Waals surface area (Å²) in [6.07, 6.45) is 6.63. The van der Waals surface area contributed by atoms with Gasteiger partial charge in [-0.1, -0.05) is 33.1 Å². The van der Waals surface area contributed by atoms with Crippen LogP contribution in [0.25, 0.3) is 0 Å². The van der Waals surface area contributed by atoms with E-state index in [4.69, 9.17) is 4.74 Å². The van der Waals surface area contributed by atoms with Crippen molar-refractivity contribution in [3.8, 4) is 0 Å². The molecular formula is C9H20O. The van der Waals surface area contributed by atoms with E-state index in [0.717, 1.165) is 13.2 Å². The Balaban J connectivity index is 0.000000162. The molecule has 0 unspecified atom stereocenters. The highest BCUT2D eigenvalue weighted by molar-refractivity contribution is 4.43. The van der Waals surface area contributed by atoms with Gasteiger partial charge in [0.05, 0.1) is 0 Å². The second-order valence-corrected chi connectivity index (χ2v) is 2.67. The lowest BCUT2D eigenvalue weighted by Gasteiger charge is -1.79. The molecule has 1 rings (SSSR count). The Kier molecular flexibility index (Phi) is 8.92. The third-order valence-corrected chi connectivity index (χ3v) is 1.53. The molecule has 10 heavy (non-hydrogen) atoms. The molecule has 0 aromatic carbocycles. The van der Waals surface area contributed by atoms with E-state index in [1.165, 1.54) is 32.1 Å². The van der Waals surface area contributed by atoms with Crippen LogP contribution in [0.3, 0.4) is 0 Å². The largest absolute Gasteiger partial charge is 0.381 e. The molecule has 0 N–H and O–H groups in total. The Bertz CT molecular complexity index is 39.1. The molecule has 1 heterocycles. The summed E-state index contributed by atoms with van der Waals surface area (Å²) in [7, 11) is 0. The van der Waals surface area contributed by atoms with Gasteiger partial charge in [0.25, 0.3) is 0 Å². The van der Waals surface area contributed by atoms with Crippen LogP contribution in [0.2, 0.25) is 0 Å². The summed E-state index contributed by atoms with van der Waals surface area (Å²) in [5.41, 5.74) is 0. The molecule has 1 fully saturated rings. The SMILES string of the molecule is C1CCOC1.CCCCC. The zero-order valence-corrected chi connectivity index (χ0v) is 7.36. The highest BCUT2D eigenvalue weighted by atomic mass is 16.5. The summed E-state index contributed by atoms with van der Waals surface area (Å²) in [4.78, 5) is 0. The molecule has 0 radical (unpaired) electrons. The molecule has 1 aliphatic rings. The van der Waals surface area contributed by atoms with Crippen molar-refractivity contribution >= 4 is 0 Å². The molecule has 0 aromatic rings. The summed E-state index contributed by atoms with van der Waals surface area (Å²) < 4.78 is 4.94. The summed E-state index contributed by atoms with van der Waals surface area (Å²) >= 11 is 0. The highest BCUT2D eigenvalue weighted by Gasteiger charge is 1.94. The molecule has 1 heteroatoms. The molecule has 1 saturated heterocycles. The van der Waals surface area contributed by atoms with Crippen molar-refractivity contribution in [2.24, 2.45) is 0 Å². The highest BCUT2D eigenvalue weighted by Crippen LogP contribution is 1.98. The van der Waals surface area contributed by atoms with Gasteiger partial charge >= 0.3 is 0 Å². The molecule has 0 atom stereocenters. The van der Waals surface area contributed by atoms with Crippen LogP contribution >= 0.6 is 0 Å². The summed E-state index contributed by atoms with van der Waals surface area (Å²) in [6, 6.07) is 0. The molecule has 0 spiro atoms. The monoisotopic (exact) mass is 144 g/mol. The molecule has 0 aromatic heterocycles. The zero-order valence-electron chi connectivity index (χ0n) is 7.36. The Morgan fingerprint density at radius 2 is 1.50 bits per heavy atom. The van der Waals surface area contributed by atoms with Crippen molar-refractivity contribution in [1.82, 2.24) is 0 Å². The predicted molar refractivity (Wildman–Crippen MR) is 45.3 cm³/mol. The first-order valence-corrected chi connectivity index (χ1v) is 4.49. The van der Waals surface area contributed by atoms with Crippen molar-refractivity contribution in [3.63, 3.8) is 0 Å². The Hall–Kier alpha value is -0.0400. The van der Waals surface area contributed by atoms with Gasteiger partial charge < -0.3 is 4.74 Å². The fraction of sp³-hybridized carbons (Fsp3) is 1.00. The van der Waals surface area contributed by atoms with E-state index in [2.05, 4.69) is 13.8 Å². The molecule has 1 nitrogen and oxygen atoms in total. The van der Waals surface area contributed by atoms with E-state index in [1.54, 1.807) is 0 Å². The van der Waals surface area contributed by atoms with Crippen molar-refractivity contribution in [3.05, 3.63) is 0 Å². The lowest BCUT2D eigenvalue weighted by molar-refractivity contribution is 0.198. The zero-order chi connectivity index (χ0) is 7.66. The first-order chi connectivity index (χ1) is 4.91. The van der Waals surface area contributed by atoms with Gasteiger partial charge in [-0.2, -0.15) is 0 Å². The third-order valence-electron chi connectivity index (χ3n) is 1.53. The number of unbranched alkanes of at least 4 members (excludes halogenated alkanes) is 2. The van der Waals surface area contributed by atoms with E-state index in [1.807, 2.05) is 0 Å². The maximum absolute atomic E-state index is 4.94. The normalized spacial score (nSPS) is 16.2. The van der Waals surface area contributed by atoms with Crippen LogP contribution in [0, 0.1) is 0 Å². The van der Waals surface area contributed by atoms with Crippen LogP contribution in [0.1, 0.15) is 46.0 Å². The van der Waals surface area contributed by atoms with Gasteiger partial charge in [0, 0.05) is 13.2 Å². The lowest BCUT2D eigenvalue weighted by atomic mass is 10.3. The average molecular weight is 144 g/mol. The minimum absolute atomic E-state index is 1.00. The standard InChI is InChI=1S/C5H12.C4H8O/c1-3-5-4-2;1-2-4-5-3-1/h3-5H2,1-2H3;1-4H2. The summed E-state index contributed by atoms with van der Waals surface area (Å²) in [5, 5.41) is 0. The van der Waals surface area contributed by atoms with Gasteiger partial charge in [-0.3, -0.25) is 0 Å². The Morgan fingerprint density at radius 3 is 1.60 bits per heavy atom. The molecule has 0 saturated carbocycles. The maximum Gasteiger partial charge on any atom is 0.0466 e. The van der Waals surface area contributed by atoms with Crippen LogP contribution in [-0.2, 0) is 4.74 Å². The first kappa shape index (κ1) is 9.96. The van der Waals surface area contributed by atoms with Gasteiger partial charge in [0.1, 0.15) is 0 Å². The van der Waals surface area contributed by atoms with Crippen molar-refractivity contribution in [1.29, 1.82) is 0 Å². The number of hydrogen-bond donors (Lipinski definition) is 0. The van der Waals surface area contributed by atoms with E-state index < -0.39 is 0 Å². The lowest BCUT2D eigenvalue weighted by Crippen LogP contribution is -1.74. The number of hydrogen-bond acceptors (Lipinski definition) is 1. The Morgan fingerprint density at radius 1 is 1.00 bits per heavy atom. The van der Waals surface area contributed by atoms with Crippen LogP contribution < -0.4 is 0 Å². The van der Waals surface area contributed by atoms with Gasteiger partial charge in [-0.25, -0.2) is 0 Å². The minimum atomic E-state index is 1.00. The van der Waals surface area contributed by atoms with Crippen molar-refractivity contribution < 1.29 is 4.74 Å². The molecule has 62 valence electrons. The van der Waals surface area contributed by atoms with Gasteiger partial charge in [0.15, 0.2) is 0 Å². The van der Waals surface area contributed by atoms with Crippen molar-refractivity contribution in [2.45, 2.75) is 46.0 Å². The van der Waals surface area contributed by atoms with E-state index in [-0.39, 0.29) is 0 Å². The van der Waals surface area contributed by atoms with Gasteiger partial charge in [-0.05, 0) is 12.8 Å². The third kappa shape index (κ3) is 7.96. The first-order valence-electron chi connectivity index (χ1n) is 4.49. The number of ether oxygens (including phenoxy) is 1. The van der Waals surface area contributed by atoms with Crippen molar-refractivity contribution in [2.75, 3.05) is 13.2 Å². The Labute approximate surface area is 64.8 Å². The fourth-order valence-electron chi connectivity index (χ4n) is 0.864. The fourth-order valence-corrected chi connectivity index (χ4v) is 0.864. The van der Waals surface area contributed by atoms with Crippen LogP contribution in [0.15, 0.2) is 0 Å². The van der Waals surface area contributed by atoms with Crippen LogP contribution in [0.4, 0.5) is 0 Å². The molecule has 0 aliphatic carbocycles. The van der Waals surface area contributed by atoms with E-state index in [9.17, 15) is 0 Å². The average Bonchev–Trinajstić information content (AvgIpc) is 2.44. The summed E-state index contributed by atoms with van der Waals surface area (Å²) in [6.45, 7) is 6.42. The predicted octanol–water partition coefficient (Wildman–Crippen LogP) is 2.99. The number of rotatable bonds is 2. The quantitative estimate of drug-likeness (QED) is 0.579. The second-order valence-electron chi connectivity index (χ2n) is 2.67. The topological polar surface area (TPSA) is 9.23 Å².